The summed E-state index contributed by atoms with van der Waals surface area (Å²) in [6.45, 7) is 3.11. The number of hydrogen-bond acceptors (Lipinski definition) is 3. The molecule has 0 radical (unpaired) electrons. The van der Waals surface area contributed by atoms with E-state index in [2.05, 4.69) is 0 Å². The second-order valence-corrected chi connectivity index (χ2v) is 3.05. The molecule has 82 valence electrons. The summed E-state index contributed by atoms with van der Waals surface area (Å²) in [5.41, 5.74) is 10.6. The standard InChI is InChI=1S/C8H18N4O2/c1-2-12(8(10)11)5-3-4-6(9)7(13)14/h6H,2-5,9H2,1H3,(H3,10,11)(H,13,14)/t6-/m0/s1. The molecular formula is C8H18N4O2. The van der Waals surface area contributed by atoms with Gasteiger partial charge in [-0.3, -0.25) is 10.2 Å². The number of hydrogen-bond donors (Lipinski definition) is 4. The molecule has 0 bridgehead atoms. The van der Waals surface area contributed by atoms with Crippen molar-refractivity contribution in [2.45, 2.75) is 25.8 Å². The van der Waals surface area contributed by atoms with Crippen LogP contribution in [0.1, 0.15) is 19.8 Å². The third-order valence-corrected chi connectivity index (χ3v) is 1.98. The predicted octanol–water partition coefficient (Wildman–Crippen LogP) is -0.606. The molecule has 6 heteroatoms. The average Bonchev–Trinajstić information content (AvgIpc) is 2.11. The Morgan fingerprint density at radius 3 is 2.57 bits per heavy atom. The fourth-order valence-electron chi connectivity index (χ4n) is 1.07. The first-order chi connectivity index (χ1) is 6.49. The Bertz CT molecular complexity index is 208. The van der Waals surface area contributed by atoms with Crippen LogP contribution in [0.5, 0.6) is 0 Å². The van der Waals surface area contributed by atoms with E-state index in [0.29, 0.717) is 25.9 Å². The molecule has 0 aliphatic rings. The van der Waals surface area contributed by atoms with Crippen molar-refractivity contribution in [3.8, 4) is 0 Å². The molecule has 0 aromatic rings. The second kappa shape index (κ2) is 6.20. The Balaban J connectivity index is 3.71. The maximum Gasteiger partial charge on any atom is 0.320 e. The summed E-state index contributed by atoms with van der Waals surface area (Å²) < 4.78 is 0. The summed E-state index contributed by atoms with van der Waals surface area (Å²) in [7, 11) is 0. The van der Waals surface area contributed by atoms with Crippen LogP contribution in [0.25, 0.3) is 0 Å². The molecule has 0 aromatic carbocycles. The number of aliphatic carboxylic acids is 1. The van der Waals surface area contributed by atoms with Gasteiger partial charge in [-0.05, 0) is 19.8 Å². The molecule has 0 saturated carbocycles. The van der Waals surface area contributed by atoms with Crippen molar-refractivity contribution in [1.82, 2.24) is 4.90 Å². The summed E-state index contributed by atoms with van der Waals surface area (Å²) in [4.78, 5) is 12.0. The topological polar surface area (TPSA) is 116 Å². The van der Waals surface area contributed by atoms with E-state index in [1.54, 1.807) is 4.90 Å². The molecule has 6 N–H and O–H groups in total. The van der Waals surface area contributed by atoms with Crippen molar-refractivity contribution in [3.63, 3.8) is 0 Å². The summed E-state index contributed by atoms with van der Waals surface area (Å²) in [5, 5.41) is 15.7. The van der Waals surface area contributed by atoms with Crippen LogP contribution in [-0.2, 0) is 4.79 Å². The van der Waals surface area contributed by atoms with Crippen LogP contribution >= 0.6 is 0 Å². The summed E-state index contributed by atoms with van der Waals surface area (Å²) in [6.07, 6.45) is 1.03. The SMILES string of the molecule is CCN(CCC[C@H](N)C(=O)O)C(=N)N. The van der Waals surface area contributed by atoms with Gasteiger partial charge in [0.05, 0.1) is 0 Å². The lowest BCUT2D eigenvalue weighted by Gasteiger charge is -2.20. The third kappa shape index (κ3) is 4.66. The molecule has 0 rings (SSSR count). The molecule has 0 heterocycles. The van der Waals surface area contributed by atoms with Crippen LogP contribution in [0.3, 0.4) is 0 Å². The highest BCUT2D eigenvalue weighted by molar-refractivity contribution is 5.74. The van der Waals surface area contributed by atoms with E-state index >= 15 is 0 Å². The molecule has 0 unspecified atom stereocenters. The van der Waals surface area contributed by atoms with Gasteiger partial charge in [-0.25, -0.2) is 0 Å². The first-order valence-electron chi connectivity index (χ1n) is 4.56. The van der Waals surface area contributed by atoms with E-state index in [1.807, 2.05) is 6.92 Å². The fraction of sp³-hybridized carbons (Fsp3) is 0.750. The molecule has 1 atom stereocenters. The Morgan fingerprint density at radius 2 is 2.21 bits per heavy atom. The summed E-state index contributed by atoms with van der Waals surface area (Å²) in [5.74, 6) is -0.979. The van der Waals surface area contributed by atoms with Crippen molar-refractivity contribution in [3.05, 3.63) is 0 Å². The number of nitrogens with two attached hydrogens (primary N) is 2. The highest BCUT2D eigenvalue weighted by atomic mass is 16.4. The highest BCUT2D eigenvalue weighted by Crippen LogP contribution is 1.97. The van der Waals surface area contributed by atoms with Gasteiger partial charge in [-0.2, -0.15) is 0 Å². The lowest BCUT2D eigenvalue weighted by molar-refractivity contribution is -0.138. The van der Waals surface area contributed by atoms with Gasteiger partial charge < -0.3 is 21.5 Å². The van der Waals surface area contributed by atoms with E-state index in [0.717, 1.165) is 0 Å². The van der Waals surface area contributed by atoms with Crippen molar-refractivity contribution in [2.24, 2.45) is 11.5 Å². The number of nitrogens with one attached hydrogen (secondary N) is 1. The van der Waals surface area contributed by atoms with E-state index in [1.165, 1.54) is 0 Å². The predicted molar refractivity (Wildman–Crippen MR) is 54.0 cm³/mol. The number of carboxylic acid groups (broad SMARTS) is 1. The quantitative estimate of drug-likeness (QED) is 0.339. The molecule has 6 nitrogen and oxygen atoms in total. The van der Waals surface area contributed by atoms with Crippen molar-refractivity contribution < 1.29 is 9.90 Å². The van der Waals surface area contributed by atoms with Gasteiger partial charge in [0, 0.05) is 13.1 Å². The maximum atomic E-state index is 10.4. The Hall–Kier alpha value is -1.30. The third-order valence-electron chi connectivity index (χ3n) is 1.98. The summed E-state index contributed by atoms with van der Waals surface area (Å²) in [6, 6.07) is -0.819. The van der Waals surface area contributed by atoms with Crippen molar-refractivity contribution in [1.29, 1.82) is 5.41 Å². The number of carboxylic acids is 1. The maximum absolute atomic E-state index is 10.4. The molecule has 0 aromatic heterocycles. The Labute approximate surface area is 83.4 Å². The van der Waals surface area contributed by atoms with E-state index in [-0.39, 0.29) is 5.96 Å². The molecule has 0 aliphatic carbocycles. The van der Waals surface area contributed by atoms with Crippen LogP contribution in [0.4, 0.5) is 0 Å². The number of guanidine groups is 1. The highest BCUT2D eigenvalue weighted by Gasteiger charge is 2.11. The van der Waals surface area contributed by atoms with Crippen LogP contribution in [0, 0.1) is 5.41 Å². The zero-order valence-electron chi connectivity index (χ0n) is 8.36. The van der Waals surface area contributed by atoms with Crippen LogP contribution in [0.2, 0.25) is 0 Å². The zero-order chi connectivity index (χ0) is 11.1. The van der Waals surface area contributed by atoms with Gasteiger partial charge in [0.2, 0.25) is 0 Å². The number of carbonyl (C=O) groups is 1. The van der Waals surface area contributed by atoms with E-state index in [4.69, 9.17) is 22.0 Å². The second-order valence-electron chi connectivity index (χ2n) is 3.05. The molecular weight excluding hydrogens is 184 g/mol. The minimum Gasteiger partial charge on any atom is -0.480 e. The van der Waals surface area contributed by atoms with Crippen LogP contribution in [0.15, 0.2) is 0 Å². The average molecular weight is 202 g/mol. The largest absolute Gasteiger partial charge is 0.480 e. The Kier molecular flexibility index (Phi) is 5.62. The lowest BCUT2D eigenvalue weighted by Crippen LogP contribution is -2.38. The minimum absolute atomic E-state index is 0.0106. The first kappa shape index (κ1) is 12.7. The zero-order valence-corrected chi connectivity index (χ0v) is 8.36. The number of rotatable bonds is 6. The number of nitrogens with zero attached hydrogens (tertiary/aromatic N) is 1. The van der Waals surface area contributed by atoms with Crippen LogP contribution < -0.4 is 11.5 Å². The van der Waals surface area contributed by atoms with Crippen molar-refractivity contribution in [2.75, 3.05) is 13.1 Å². The molecule has 0 amide bonds. The molecule has 14 heavy (non-hydrogen) atoms. The molecule has 0 fully saturated rings. The van der Waals surface area contributed by atoms with Crippen LogP contribution in [-0.4, -0.2) is 41.1 Å². The normalized spacial score (nSPS) is 12.1. The monoisotopic (exact) mass is 202 g/mol. The molecule has 0 saturated heterocycles. The van der Waals surface area contributed by atoms with Gasteiger partial charge >= 0.3 is 5.97 Å². The fourth-order valence-corrected chi connectivity index (χ4v) is 1.07. The van der Waals surface area contributed by atoms with Gasteiger partial charge in [0.1, 0.15) is 6.04 Å². The van der Waals surface area contributed by atoms with Gasteiger partial charge in [0.25, 0.3) is 0 Å². The van der Waals surface area contributed by atoms with Gasteiger partial charge in [-0.15, -0.1) is 0 Å². The summed E-state index contributed by atoms with van der Waals surface area (Å²) >= 11 is 0. The van der Waals surface area contributed by atoms with Gasteiger partial charge in [-0.1, -0.05) is 0 Å². The minimum atomic E-state index is -0.990. The Morgan fingerprint density at radius 1 is 1.64 bits per heavy atom. The molecule has 0 spiro atoms. The smallest absolute Gasteiger partial charge is 0.320 e. The van der Waals surface area contributed by atoms with E-state index < -0.39 is 12.0 Å². The first-order valence-corrected chi connectivity index (χ1v) is 4.56. The van der Waals surface area contributed by atoms with E-state index in [9.17, 15) is 4.79 Å². The van der Waals surface area contributed by atoms with Gasteiger partial charge in [0.15, 0.2) is 5.96 Å². The van der Waals surface area contributed by atoms with Crippen molar-refractivity contribution >= 4 is 11.9 Å². The molecule has 0 aliphatic heterocycles. The lowest BCUT2D eigenvalue weighted by atomic mass is 10.1.